The van der Waals surface area contributed by atoms with Crippen LogP contribution in [0.5, 0.6) is 0 Å². The summed E-state index contributed by atoms with van der Waals surface area (Å²) in [5, 5.41) is 3.30. The van der Waals surface area contributed by atoms with Gasteiger partial charge in [-0.1, -0.05) is 42.5 Å². The number of benzene rings is 2. The van der Waals surface area contributed by atoms with E-state index in [0.29, 0.717) is 12.7 Å². The molecule has 0 fully saturated rings. The highest BCUT2D eigenvalue weighted by molar-refractivity contribution is 5.85. The number of rotatable bonds is 5. The summed E-state index contributed by atoms with van der Waals surface area (Å²) in [5.41, 5.74) is 2.24. The molecule has 3 nitrogen and oxygen atoms in total. The Balaban J connectivity index is 0.000000436. The molecular weight excluding hydrogens is 286 g/mol. The maximum atomic E-state index is 9.51. The average molecular weight is 304 g/mol. The SMILES string of the molecule is Cl.O=CC=CCC=O.c1ccc(Nc2ccccc2)cc1. The van der Waals surface area contributed by atoms with E-state index in [1.807, 2.05) is 60.7 Å². The summed E-state index contributed by atoms with van der Waals surface area (Å²) in [6.07, 6.45) is 4.51. The van der Waals surface area contributed by atoms with E-state index >= 15 is 0 Å². The third-order valence-electron chi connectivity index (χ3n) is 2.28. The number of halogens is 1. The van der Waals surface area contributed by atoms with E-state index in [9.17, 15) is 9.59 Å². The van der Waals surface area contributed by atoms with Crippen molar-refractivity contribution in [3.8, 4) is 0 Å². The van der Waals surface area contributed by atoms with E-state index in [-0.39, 0.29) is 12.4 Å². The second-order valence-corrected chi connectivity index (χ2v) is 3.82. The van der Waals surface area contributed by atoms with Gasteiger partial charge in [-0.2, -0.15) is 0 Å². The zero-order valence-electron chi connectivity index (χ0n) is 11.5. The molecule has 1 N–H and O–H groups in total. The van der Waals surface area contributed by atoms with Crippen LogP contribution < -0.4 is 5.32 Å². The fourth-order valence-electron chi connectivity index (χ4n) is 1.40. The quantitative estimate of drug-likeness (QED) is 0.665. The lowest BCUT2D eigenvalue weighted by atomic mass is 10.3. The maximum Gasteiger partial charge on any atom is 0.142 e. The number of allylic oxidation sites excluding steroid dienone is 2. The van der Waals surface area contributed by atoms with Crippen molar-refractivity contribution in [1.29, 1.82) is 0 Å². The molecule has 2 aromatic rings. The Kier molecular flexibility index (Phi) is 11.2. The van der Waals surface area contributed by atoms with E-state index in [2.05, 4.69) is 5.32 Å². The molecule has 0 heterocycles. The number of hydrogen-bond donors (Lipinski definition) is 1. The molecule has 0 unspecified atom stereocenters. The largest absolute Gasteiger partial charge is 0.356 e. The standard InChI is InChI=1S/C12H11N.C5H6O2.ClH/c1-3-7-11(8-4-1)13-12-9-5-2-6-10-12;6-4-2-1-3-5-7;/h1-10,13H;1-2,4-5H,3H2;1H. The monoisotopic (exact) mass is 303 g/mol. The molecule has 2 rings (SSSR count). The summed E-state index contributed by atoms with van der Waals surface area (Å²) in [7, 11) is 0. The summed E-state index contributed by atoms with van der Waals surface area (Å²) >= 11 is 0. The predicted octanol–water partition coefficient (Wildman–Crippen LogP) is 4.18. The van der Waals surface area contributed by atoms with Gasteiger partial charge in [-0.25, -0.2) is 0 Å². The summed E-state index contributed by atoms with van der Waals surface area (Å²) in [5.74, 6) is 0. The van der Waals surface area contributed by atoms with Crippen LogP contribution in [0.3, 0.4) is 0 Å². The fourth-order valence-corrected chi connectivity index (χ4v) is 1.40. The molecule has 0 saturated heterocycles. The summed E-state index contributed by atoms with van der Waals surface area (Å²) in [6.45, 7) is 0. The Morgan fingerprint density at radius 2 is 1.29 bits per heavy atom. The van der Waals surface area contributed by atoms with Crippen molar-refractivity contribution in [2.24, 2.45) is 0 Å². The Morgan fingerprint density at radius 3 is 1.67 bits per heavy atom. The van der Waals surface area contributed by atoms with Gasteiger partial charge in [0.05, 0.1) is 0 Å². The van der Waals surface area contributed by atoms with E-state index in [1.54, 1.807) is 0 Å². The van der Waals surface area contributed by atoms with Gasteiger partial charge in [-0.05, 0) is 30.3 Å². The molecule has 0 aromatic heterocycles. The molecule has 2 aromatic carbocycles. The van der Waals surface area contributed by atoms with Crippen LogP contribution in [0, 0.1) is 0 Å². The predicted molar refractivity (Wildman–Crippen MR) is 89.3 cm³/mol. The molecule has 0 atom stereocenters. The van der Waals surface area contributed by atoms with Gasteiger partial charge in [0.25, 0.3) is 0 Å². The Morgan fingerprint density at radius 1 is 0.810 bits per heavy atom. The number of aldehydes is 2. The van der Waals surface area contributed by atoms with E-state index in [0.717, 1.165) is 17.7 Å². The first kappa shape index (κ1) is 18.6. The molecule has 110 valence electrons. The van der Waals surface area contributed by atoms with Crippen LogP contribution in [-0.2, 0) is 9.59 Å². The van der Waals surface area contributed by atoms with Crippen LogP contribution in [0.25, 0.3) is 0 Å². The van der Waals surface area contributed by atoms with Gasteiger partial charge in [0.15, 0.2) is 0 Å². The van der Waals surface area contributed by atoms with Crippen molar-refractivity contribution in [1.82, 2.24) is 0 Å². The molecular formula is C17H18ClNO2. The highest BCUT2D eigenvalue weighted by Gasteiger charge is 1.89. The van der Waals surface area contributed by atoms with Gasteiger partial charge in [-0.3, -0.25) is 4.79 Å². The second kappa shape index (κ2) is 12.6. The minimum atomic E-state index is 0. The van der Waals surface area contributed by atoms with Crippen LogP contribution in [-0.4, -0.2) is 12.6 Å². The lowest BCUT2D eigenvalue weighted by molar-refractivity contribution is -0.107. The molecule has 0 saturated carbocycles. The summed E-state index contributed by atoms with van der Waals surface area (Å²) in [6, 6.07) is 20.3. The van der Waals surface area contributed by atoms with Gasteiger partial charge in [-0.15, -0.1) is 12.4 Å². The van der Waals surface area contributed by atoms with Gasteiger partial charge in [0.2, 0.25) is 0 Å². The molecule has 21 heavy (non-hydrogen) atoms. The molecule has 0 aliphatic rings. The third kappa shape index (κ3) is 9.19. The molecule has 0 amide bonds. The van der Waals surface area contributed by atoms with Gasteiger partial charge >= 0.3 is 0 Å². The van der Waals surface area contributed by atoms with Crippen molar-refractivity contribution in [3.63, 3.8) is 0 Å². The molecule has 0 spiro atoms. The van der Waals surface area contributed by atoms with E-state index < -0.39 is 0 Å². The molecule has 0 bridgehead atoms. The van der Waals surface area contributed by atoms with Crippen LogP contribution >= 0.6 is 12.4 Å². The van der Waals surface area contributed by atoms with Crippen LogP contribution in [0.4, 0.5) is 11.4 Å². The molecule has 4 heteroatoms. The zero-order chi connectivity index (χ0) is 14.5. The number of carbonyl (C=O) groups is 2. The highest BCUT2D eigenvalue weighted by Crippen LogP contribution is 2.14. The van der Waals surface area contributed by atoms with Crippen molar-refractivity contribution >= 4 is 36.4 Å². The van der Waals surface area contributed by atoms with Crippen LogP contribution in [0.1, 0.15) is 6.42 Å². The second-order valence-electron chi connectivity index (χ2n) is 3.82. The smallest absolute Gasteiger partial charge is 0.142 e. The Bertz CT molecular complexity index is 490. The minimum absolute atomic E-state index is 0. The lowest BCUT2D eigenvalue weighted by Gasteiger charge is -2.04. The lowest BCUT2D eigenvalue weighted by Crippen LogP contribution is -1.87. The van der Waals surface area contributed by atoms with Crippen LogP contribution in [0.2, 0.25) is 0 Å². The minimum Gasteiger partial charge on any atom is -0.356 e. The van der Waals surface area contributed by atoms with Crippen molar-refractivity contribution in [2.45, 2.75) is 6.42 Å². The van der Waals surface area contributed by atoms with Crippen molar-refractivity contribution in [3.05, 3.63) is 72.8 Å². The zero-order valence-corrected chi connectivity index (χ0v) is 12.3. The number of carbonyl (C=O) groups excluding carboxylic acids is 2. The van der Waals surface area contributed by atoms with Gasteiger partial charge in [0, 0.05) is 17.8 Å². The number of nitrogens with one attached hydrogen (secondary N) is 1. The maximum absolute atomic E-state index is 9.51. The third-order valence-corrected chi connectivity index (χ3v) is 2.28. The fraction of sp³-hybridized carbons (Fsp3) is 0.0588. The normalized spacial score (nSPS) is 8.95. The van der Waals surface area contributed by atoms with E-state index in [1.165, 1.54) is 12.2 Å². The summed E-state index contributed by atoms with van der Waals surface area (Å²) in [4.78, 5) is 19.0. The number of anilines is 2. The first-order valence-electron chi connectivity index (χ1n) is 6.28. The molecule has 0 radical (unpaired) electrons. The van der Waals surface area contributed by atoms with Gasteiger partial charge in [0.1, 0.15) is 12.6 Å². The molecule has 0 aliphatic carbocycles. The van der Waals surface area contributed by atoms with Crippen LogP contribution in [0.15, 0.2) is 72.8 Å². The Hall–Kier alpha value is -2.39. The first-order chi connectivity index (χ1) is 9.86. The highest BCUT2D eigenvalue weighted by atomic mass is 35.5. The number of para-hydroxylation sites is 2. The topological polar surface area (TPSA) is 46.2 Å². The van der Waals surface area contributed by atoms with Crippen molar-refractivity contribution in [2.75, 3.05) is 5.32 Å². The Labute approximate surface area is 131 Å². The van der Waals surface area contributed by atoms with E-state index in [4.69, 9.17) is 0 Å². The van der Waals surface area contributed by atoms with Crippen molar-refractivity contribution < 1.29 is 9.59 Å². The first-order valence-corrected chi connectivity index (χ1v) is 6.28. The van der Waals surface area contributed by atoms with Gasteiger partial charge < -0.3 is 10.1 Å². The summed E-state index contributed by atoms with van der Waals surface area (Å²) < 4.78 is 0. The number of hydrogen-bond acceptors (Lipinski definition) is 3. The molecule has 0 aliphatic heterocycles. The average Bonchev–Trinajstić information content (AvgIpc) is 2.51.